The van der Waals surface area contributed by atoms with E-state index in [-0.39, 0.29) is 0 Å². The second-order valence-corrected chi connectivity index (χ2v) is 4.05. The van der Waals surface area contributed by atoms with Crippen molar-refractivity contribution in [1.82, 2.24) is 4.98 Å². The molecule has 1 heterocycles. The van der Waals surface area contributed by atoms with E-state index in [1.165, 1.54) is 0 Å². The molecule has 2 rings (SSSR count). The van der Waals surface area contributed by atoms with E-state index in [2.05, 4.69) is 18.0 Å². The largest absolute Gasteiger partial charge is 0.491 e. The number of hydrogen-bond donors (Lipinski definition) is 1. The first-order valence-corrected chi connectivity index (χ1v) is 5.98. The van der Waals surface area contributed by atoms with Gasteiger partial charge in [0.2, 0.25) is 0 Å². The van der Waals surface area contributed by atoms with Crippen LogP contribution in [0.3, 0.4) is 0 Å². The van der Waals surface area contributed by atoms with Gasteiger partial charge >= 0.3 is 0 Å². The van der Waals surface area contributed by atoms with Crippen LogP contribution in [0, 0.1) is 11.3 Å². The van der Waals surface area contributed by atoms with E-state index in [1.807, 2.05) is 18.2 Å². The zero-order valence-electron chi connectivity index (χ0n) is 10.3. The molecule has 0 aliphatic heterocycles. The summed E-state index contributed by atoms with van der Waals surface area (Å²) < 4.78 is 5.62. The average Bonchev–Trinajstić information content (AvgIpc) is 2.41. The van der Waals surface area contributed by atoms with Crippen LogP contribution in [0.25, 0.3) is 10.8 Å². The minimum Gasteiger partial charge on any atom is -0.491 e. The second kappa shape index (κ2) is 5.37. The molecule has 4 heteroatoms. The average molecular weight is 241 g/mol. The number of fused-ring (bicyclic) bond motifs is 1. The molecule has 4 nitrogen and oxygen atoms in total. The maximum atomic E-state index is 9.06. The molecule has 0 unspecified atom stereocenters. The zero-order chi connectivity index (χ0) is 13.0. The Morgan fingerprint density at radius 2 is 2.22 bits per heavy atom. The van der Waals surface area contributed by atoms with Crippen molar-refractivity contribution in [2.75, 3.05) is 12.3 Å². The highest BCUT2D eigenvalue weighted by Crippen LogP contribution is 2.32. The second-order valence-electron chi connectivity index (χ2n) is 4.05. The quantitative estimate of drug-likeness (QED) is 0.660. The molecule has 2 aromatic rings. The molecule has 2 N–H and O–H groups in total. The van der Waals surface area contributed by atoms with Gasteiger partial charge in [0, 0.05) is 11.6 Å². The highest BCUT2D eigenvalue weighted by molar-refractivity contribution is 5.98. The lowest BCUT2D eigenvalue weighted by molar-refractivity contribution is 0.311. The topological polar surface area (TPSA) is 71.9 Å². The van der Waals surface area contributed by atoms with Crippen molar-refractivity contribution in [2.45, 2.75) is 19.8 Å². The Morgan fingerprint density at radius 1 is 1.39 bits per heavy atom. The van der Waals surface area contributed by atoms with Crippen LogP contribution in [-0.4, -0.2) is 11.6 Å². The minimum absolute atomic E-state index is 0.339. The number of hydrogen-bond acceptors (Lipinski definition) is 4. The van der Waals surface area contributed by atoms with Crippen LogP contribution in [0.15, 0.2) is 24.4 Å². The third-order valence-electron chi connectivity index (χ3n) is 2.79. The fourth-order valence-electron chi connectivity index (χ4n) is 1.81. The van der Waals surface area contributed by atoms with Crippen molar-refractivity contribution in [2.24, 2.45) is 0 Å². The molecule has 0 amide bonds. The normalized spacial score (nSPS) is 10.2. The molecular formula is C14H15N3O. The number of nitrogens with zero attached hydrogens (tertiary/aromatic N) is 2. The third-order valence-corrected chi connectivity index (χ3v) is 2.79. The molecule has 0 bridgehead atoms. The summed E-state index contributed by atoms with van der Waals surface area (Å²) in [6.45, 7) is 2.74. The van der Waals surface area contributed by atoms with Crippen molar-refractivity contribution < 1.29 is 4.74 Å². The van der Waals surface area contributed by atoms with Gasteiger partial charge in [-0.05, 0) is 23.9 Å². The highest BCUT2D eigenvalue weighted by atomic mass is 16.5. The Balaban J connectivity index is 2.46. The van der Waals surface area contributed by atoms with Gasteiger partial charge in [0.25, 0.3) is 0 Å². The van der Waals surface area contributed by atoms with Gasteiger partial charge in [-0.3, -0.25) is 0 Å². The summed E-state index contributed by atoms with van der Waals surface area (Å²) in [4.78, 5) is 4.03. The maximum absolute atomic E-state index is 9.06. The lowest BCUT2D eigenvalue weighted by Crippen LogP contribution is -2.01. The number of anilines is 1. The fraction of sp³-hybridized carbons (Fsp3) is 0.286. The summed E-state index contributed by atoms with van der Waals surface area (Å²) in [5, 5.41) is 10.6. The van der Waals surface area contributed by atoms with Gasteiger partial charge in [0.05, 0.1) is 12.3 Å². The summed E-state index contributed by atoms with van der Waals surface area (Å²) in [6, 6.07) is 7.63. The standard InChI is InChI=1S/C14H15N3O/c1-2-3-8-18-12-5-4-10-6-7-17-11(9-15)13(10)14(12)16/h4-7H,2-3,8,16H2,1H3. The number of ether oxygens (including phenoxy) is 1. The molecule has 1 aromatic heterocycles. The van der Waals surface area contributed by atoms with Gasteiger partial charge in [-0.15, -0.1) is 0 Å². The first kappa shape index (κ1) is 12.2. The molecule has 0 aliphatic carbocycles. The van der Waals surface area contributed by atoms with E-state index in [0.29, 0.717) is 29.1 Å². The maximum Gasteiger partial charge on any atom is 0.150 e. The van der Waals surface area contributed by atoms with Crippen molar-refractivity contribution in [3.05, 3.63) is 30.1 Å². The highest BCUT2D eigenvalue weighted by Gasteiger charge is 2.10. The molecule has 0 fully saturated rings. The van der Waals surface area contributed by atoms with Crippen LogP contribution in [0.2, 0.25) is 0 Å². The Morgan fingerprint density at radius 3 is 2.94 bits per heavy atom. The van der Waals surface area contributed by atoms with E-state index in [9.17, 15) is 0 Å². The number of aromatic nitrogens is 1. The van der Waals surface area contributed by atoms with Crippen molar-refractivity contribution >= 4 is 16.5 Å². The smallest absolute Gasteiger partial charge is 0.150 e. The number of rotatable bonds is 4. The first-order valence-electron chi connectivity index (χ1n) is 5.98. The van der Waals surface area contributed by atoms with Gasteiger partial charge in [-0.25, -0.2) is 4.98 Å². The summed E-state index contributed by atoms with van der Waals surface area (Å²) in [5.41, 5.74) is 6.89. The van der Waals surface area contributed by atoms with Crippen molar-refractivity contribution in [3.63, 3.8) is 0 Å². The number of nitriles is 1. The number of pyridine rings is 1. The van der Waals surface area contributed by atoms with Gasteiger partial charge in [0.15, 0.2) is 0 Å². The molecule has 0 aliphatic rings. The molecule has 0 saturated heterocycles. The van der Waals surface area contributed by atoms with Crippen LogP contribution in [0.1, 0.15) is 25.5 Å². The predicted molar refractivity (Wildman–Crippen MR) is 71.3 cm³/mol. The van der Waals surface area contributed by atoms with Crippen LogP contribution in [-0.2, 0) is 0 Å². The van der Waals surface area contributed by atoms with Gasteiger partial charge < -0.3 is 10.5 Å². The summed E-state index contributed by atoms with van der Waals surface area (Å²) in [7, 11) is 0. The summed E-state index contributed by atoms with van der Waals surface area (Å²) in [6.07, 6.45) is 3.66. The van der Waals surface area contributed by atoms with E-state index < -0.39 is 0 Å². The van der Waals surface area contributed by atoms with Gasteiger partial charge in [0.1, 0.15) is 17.5 Å². The molecule has 18 heavy (non-hydrogen) atoms. The molecule has 0 radical (unpaired) electrons. The number of nitrogens with two attached hydrogens (primary N) is 1. The summed E-state index contributed by atoms with van der Waals surface area (Å²) >= 11 is 0. The van der Waals surface area contributed by atoms with E-state index in [4.69, 9.17) is 15.7 Å². The number of nitrogen functional groups attached to an aromatic ring is 1. The lowest BCUT2D eigenvalue weighted by atomic mass is 10.1. The van der Waals surface area contributed by atoms with Crippen LogP contribution in [0.5, 0.6) is 5.75 Å². The summed E-state index contributed by atoms with van der Waals surface area (Å²) in [5.74, 6) is 0.625. The van der Waals surface area contributed by atoms with E-state index in [0.717, 1.165) is 18.2 Å². The molecular weight excluding hydrogens is 226 g/mol. The molecule has 0 atom stereocenters. The zero-order valence-corrected chi connectivity index (χ0v) is 10.3. The van der Waals surface area contributed by atoms with Gasteiger partial charge in [-0.2, -0.15) is 5.26 Å². The van der Waals surface area contributed by atoms with Crippen LogP contribution in [0.4, 0.5) is 5.69 Å². The number of benzene rings is 1. The van der Waals surface area contributed by atoms with Crippen LogP contribution < -0.4 is 10.5 Å². The Bertz CT molecular complexity index is 602. The van der Waals surface area contributed by atoms with Crippen LogP contribution >= 0.6 is 0 Å². The molecule has 92 valence electrons. The first-order chi connectivity index (χ1) is 8.77. The lowest BCUT2D eigenvalue weighted by Gasteiger charge is -2.11. The van der Waals surface area contributed by atoms with Crippen molar-refractivity contribution in [3.8, 4) is 11.8 Å². The predicted octanol–water partition coefficient (Wildman–Crippen LogP) is 2.87. The van der Waals surface area contributed by atoms with Crippen molar-refractivity contribution in [1.29, 1.82) is 5.26 Å². The third kappa shape index (κ3) is 2.21. The Hall–Kier alpha value is -2.28. The van der Waals surface area contributed by atoms with E-state index >= 15 is 0 Å². The monoisotopic (exact) mass is 241 g/mol. The fourth-order valence-corrected chi connectivity index (χ4v) is 1.81. The number of unbranched alkanes of at least 4 members (excludes halogenated alkanes) is 1. The Kier molecular flexibility index (Phi) is 3.63. The SMILES string of the molecule is CCCCOc1ccc2ccnc(C#N)c2c1N. The Labute approximate surface area is 106 Å². The molecule has 1 aromatic carbocycles. The molecule has 0 spiro atoms. The van der Waals surface area contributed by atoms with Gasteiger partial charge in [-0.1, -0.05) is 19.4 Å². The molecule has 0 saturated carbocycles. The van der Waals surface area contributed by atoms with E-state index in [1.54, 1.807) is 6.20 Å². The minimum atomic E-state index is 0.339.